The minimum absolute atomic E-state index is 0. The van der Waals surface area contributed by atoms with E-state index in [1.54, 1.807) is 24.3 Å². The lowest BCUT2D eigenvalue weighted by atomic mass is 10.00. The maximum absolute atomic E-state index is 12.1. The van der Waals surface area contributed by atoms with Crippen LogP contribution in [0.4, 0.5) is 0 Å². The molecule has 0 aromatic heterocycles. The Morgan fingerprint density at radius 3 is 2.58 bits per heavy atom. The average molecular weight is 355 g/mol. The van der Waals surface area contributed by atoms with Gasteiger partial charge in [0, 0.05) is 30.5 Å². The molecule has 0 spiro atoms. The van der Waals surface area contributed by atoms with Gasteiger partial charge in [0.2, 0.25) is 5.91 Å². The van der Waals surface area contributed by atoms with Gasteiger partial charge in [-0.2, -0.15) is 0 Å². The van der Waals surface area contributed by atoms with Gasteiger partial charge in [-0.3, -0.25) is 9.59 Å². The molecule has 2 N–H and O–H groups in total. The lowest BCUT2D eigenvalue weighted by Gasteiger charge is -2.28. The third-order valence-corrected chi connectivity index (χ3v) is 4.06. The monoisotopic (exact) mass is 354 g/mol. The standard InChI is InChI=1S/C18H26N2O3.ClH/c1-3-23-16-6-4-14(5-7-16)17(21)8-9-18(22)20-15-10-11-19-13(2)12-15;/h4-7,13,15,19H,3,8-12H2,1-2H3,(H,20,22);1H. The summed E-state index contributed by atoms with van der Waals surface area (Å²) in [6, 6.07) is 7.72. The fraction of sp³-hybridized carbons (Fsp3) is 0.556. The van der Waals surface area contributed by atoms with Crippen LogP contribution in [0.1, 0.15) is 49.9 Å². The third kappa shape index (κ3) is 6.49. The zero-order valence-electron chi connectivity index (χ0n) is 14.3. The topological polar surface area (TPSA) is 67.4 Å². The quantitative estimate of drug-likeness (QED) is 0.739. The van der Waals surface area contributed by atoms with Crippen molar-refractivity contribution >= 4 is 24.1 Å². The molecule has 1 aromatic carbocycles. The first kappa shape index (κ1) is 20.5. The Kier molecular flexibility index (Phi) is 8.79. The second kappa shape index (κ2) is 10.3. The fourth-order valence-electron chi connectivity index (χ4n) is 2.84. The van der Waals surface area contributed by atoms with Crippen LogP contribution in [-0.2, 0) is 4.79 Å². The first-order valence-corrected chi connectivity index (χ1v) is 8.37. The number of halogens is 1. The van der Waals surface area contributed by atoms with Crippen molar-refractivity contribution < 1.29 is 14.3 Å². The van der Waals surface area contributed by atoms with Gasteiger partial charge in [-0.1, -0.05) is 0 Å². The maximum Gasteiger partial charge on any atom is 0.220 e. The number of ketones is 1. The van der Waals surface area contributed by atoms with Crippen LogP contribution in [0.3, 0.4) is 0 Å². The smallest absolute Gasteiger partial charge is 0.220 e. The molecule has 134 valence electrons. The molecule has 0 radical (unpaired) electrons. The zero-order valence-corrected chi connectivity index (χ0v) is 15.2. The van der Waals surface area contributed by atoms with Crippen LogP contribution in [0.15, 0.2) is 24.3 Å². The summed E-state index contributed by atoms with van der Waals surface area (Å²) < 4.78 is 5.35. The van der Waals surface area contributed by atoms with Crippen LogP contribution in [0.2, 0.25) is 0 Å². The largest absolute Gasteiger partial charge is 0.494 e. The summed E-state index contributed by atoms with van der Waals surface area (Å²) in [5.41, 5.74) is 0.622. The molecule has 1 amide bonds. The minimum atomic E-state index is -0.0385. The zero-order chi connectivity index (χ0) is 16.7. The molecular weight excluding hydrogens is 328 g/mol. The van der Waals surface area contributed by atoms with Gasteiger partial charge in [0.05, 0.1) is 6.61 Å². The van der Waals surface area contributed by atoms with E-state index >= 15 is 0 Å². The van der Waals surface area contributed by atoms with Crippen LogP contribution >= 0.6 is 12.4 Å². The number of nitrogens with one attached hydrogen (secondary N) is 2. The number of hydrogen-bond donors (Lipinski definition) is 2. The summed E-state index contributed by atoms with van der Waals surface area (Å²) >= 11 is 0. The molecule has 2 atom stereocenters. The van der Waals surface area contributed by atoms with E-state index < -0.39 is 0 Å². The molecule has 1 aliphatic heterocycles. The predicted octanol–water partition coefficient (Wildman–Crippen LogP) is 2.73. The normalized spacial score (nSPS) is 19.9. The molecule has 1 aliphatic rings. The number of benzene rings is 1. The molecule has 24 heavy (non-hydrogen) atoms. The Morgan fingerprint density at radius 1 is 1.25 bits per heavy atom. The van der Waals surface area contributed by atoms with Crippen molar-refractivity contribution in [2.75, 3.05) is 13.2 Å². The van der Waals surface area contributed by atoms with Crippen LogP contribution in [0, 0.1) is 0 Å². The molecule has 6 heteroatoms. The second-order valence-electron chi connectivity index (χ2n) is 6.02. The minimum Gasteiger partial charge on any atom is -0.494 e. The number of carbonyl (C=O) groups is 2. The van der Waals surface area contributed by atoms with Crippen LogP contribution in [0.25, 0.3) is 0 Å². The number of carbonyl (C=O) groups excluding carboxylic acids is 2. The summed E-state index contributed by atoms with van der Waals surface area (Å²) in [5.74, 6) is 0.701. The van der Waals surface area contributed by atoms with Crippen molar-refractivity contribution in [2.24, 2.45) is 0 Å². The van der Waals surface area contributed by atoms with E-state index in [1.165, 1.54) is 0 Å². The predicted molar refractivity (Wildman–Crippen MR) is 97.1 cm³/mol. The molecule has 1 aromatic rings. The average Bonchev–Trinajstić information content (AvgIpc) is 2.54. The molecule has 0 saturated carbocycles. The molecule has 1 saturated heterocycles. The first-order chi connectivity index (χ1) is 11.1. The Bertz CT molecular complexity index is 534. The van der Waals surface area contributed by atoms with Crippen molar-refractivity contribution in [3.05, 3.63) is 29.8 Å². The van der Waals surface area contributed by atoms with Gasteiger partial charge < -0.3 is 15.4 Å². The van der Waals surface area contributed by atoms with Gasteiger partial charge >= 0.3 is 0 Å². The van der Waals surface area contributed by atoms with Crippen molar-refractivity contribution in [3.8, 4) is 5.75 Å². The van der Waals surface area contributed by atoms with Crippen LogP contribution < -0.4 is 15.4 Å². The van der Waals surface area contributed by atoms with Crippen molar-refractivity contribution in [1.82, 2.24) is 10.6 Å². The van der Waals surface area contributed by atoms with E-state index in [2.05, 4.69) is 17.6 Å². The van der Waals surface area contributed by atoms with Gasteiger partial charge in [0.1, 0.15) is 5.75 Å². The number of piperidine rings is 1. The lowest BCUT2D eigenvalue weighted by Crippen LogP contribution is -2.46. The Balaban J connectivity index is 0.00000288. The molecule has 1 heterocycles. The summed E-state index contributed by atoms with van der Waals surface area (Å²) in [5, 5.41) is 6.39. The summed E-state index contributed by atoms with van der Waals surface area (Å²) in [6.45, 7) is 5.56. The SMILES string of the molecule is CCOc1ccc(C(=O)CCC(=O)NC2CCNC(C)C2)cc1.Cl. The van der Waals surface area contributed by atoms with Gasteiger partial charge in [-0.25, -0.2) is 0 Å². The van der Waals surface area contributed by atoms with E-state index in [4.69, 9.17) is 4.74 Å². The Morgan fingerprint density at radius 2 is 1.96 bits per heavy atom. The second-order valence-corrected chi connectivity index (χ2v) is 6.02. The number of rotatable bonds is 7. The van der Waals surface area contributed by atoms with Crippen molar-refractivity contribution in [3.63, 3.8) is 0 Å². The van der Waals surface area contributed by atoms with Gasteiger partial charge in [0.15, 0.2) is 5.78 Å². The number of amides is 1. The highest BCUT2D eigenvalue weighted by molar-refractivity contribution is 5.98. The van der Waals surface area contributed by atoms with E-state index in [-0.39, 0.29) is 43.0 Å². The highest BCUT2D eigenvalue weighted by Crippen LogP contribution is 2.14. The van der Waals surface area contributed by atoms with Crippen LogP contribution in [0.5, 0.6) is 5.75 Å². The summed E-state index contributed by atoms with van der Waals surface area (Å²) in [7, 11) is 0. The van der Waals surface area contributed by atoms with Crippen molar-refractivity contribution in [2.45, 2.75) is 51.6 Å². The van der Waals surface area contributed by atoms with E-state index in [0.717, 1.165) is 25.1 Å². The Hall–Kier alpha value is -1.59. The molecule has 1 fully saturated rings. The maximum atomic E-state index is 12.1. The Labute approximate surface area is 149 Å². The third-order valence-electron chi connectivity index (χ3n) is 4.06. The van der Waals surface area contributed by atoms with Gasteiger partial charge in [0.25, 0.3) is 0 Å². The van der Waals surface area contributed by atoms with Gasteiger partial charge in [-0.15, -0.1) is 12.4 Å². The molecule has 0 aliphatic carbocycles. The molecule has 2 rings (SSSR count). The summed E-state index contributed by atoms with van der Waals surface area (Å²) in [6.07, 6.45) is 2.37. The van der Waals surface area contributed by atoms with E-state index in [9.17, 15) is 9.59 Å². The van der Waals surface area contributed by atoms with Crippen molar-refractivity contribution in [1.29, 1.82) is 0 Å². The highest BCUT2D eigenvalue weighted by Gasteiger charge is 2.20. The molecular formula is C18H27ClN2O3. The van der Waals surface area contributed by atoms with Gasteiger partial charge in [-0.05, 0) is 57.5 Å². The first-order valence-electron chi connectivity index (χ1n) is 8.37. The van der Waals surface area contributed by atoms with E-state index in [0.29, 0.717) is 18.2 Å². The molecule has 0 bridgehead atoms. The number of Topliss-reactive ketones (excluding diaryl/α,β-unsaturated/α-hetero) is 1. The summed E-state index contributed by atoms with van der Waals surface area (Å²) in [4.78, 5) is 24.1. The number of ether oxygens (including phenoxy) is 1. The lowest BCUT2D eigenvalue weighted by molar-refractivity contribution is -0.122. The molecule has 5 nitrogen and oxygen atoms in total. The highest BCUT2D eigenvalue weighted by atomic mass is 35.5. The van der Waals surface area contributed by atoms with Crippen LogP contribution in [-0.4, -0.2) is 36.9 Å². The number of hydrogen-bond acceptors (Lipinski definition) is 4. The fourth-order valence-corrected chi connectivity index (χ4v) is 2.84. The molecule has 2 unspecified atom stereocenters. The van der Waals surface area contributed by atoms with E-state index in [1.807, 2.05) is 6.92 Å².